The van der Waals surface area contributed by atoms with Gasteiger partial charge in [0, 0.05) is 0 Å². The Morgan fingerprint density at radius 1 is 1.62 bits per heavy atom. The largest absolute Gasteiger partial charge is 0.469 e. The fraction of sp³-hybridized carbons (Fsp3) is 0.333. The van der Waals surface area contributed by atoms with E-state index in [4.69, 9.17) is 0 Å². The van der Waals surface area contributed by atoms with E-state index in [-0.39, 0.29) is 16.7 Å². The van der Waals surface area contributed by atoms with Gasteiger partial charge in [-0.2, -0.15) is 0 Å². The van der Waals surface area contributed by atoms with Crippen molar-refractivity contribution in [3.63, 3.8) is 0 Å². The molecule has 0 amide bonds. The highest BCUT2D eigenvalue weighted by atomic mass is 79.9. The molecule has 0 radical (unpaired) electrons. The van der Waals surface area contributed by atoms with Crippen molar-refractivity contribution in [3.8, 4) is 0 Å². The predicted molar refractivity (Wildman–Crippen MR) is 52.6 cm³/mol. The molecule has 0 spiro atoms. The molecule has 0 saturated heterocycles. The zero-order valence-electron chi connectivity index (χ0n) is 8.14. The third-order valence-electron chi connectivity index (χ3n) is 1.79. The second kappa shape index (κ2) is 5.29. The van der Waals surface area contributed by atoms with Crippen LogP contribution < -0.4 is 0 Å². The fourth-order valence-electron chi connectivity index (χ4n) is 1.04. The van der Waals surface area contributed by atoms with E-state index < -0.39 is 23.8 Å². The maximum atomic E-state index is 13.1. The molecule has 0 aromatic carbocycles. The molecule has 0 aliphatic heterocycles. The first-order chi connectivity index (χ1) is 7.45. The number of rotatable bonds is 3. The molecule has 3 nitrogen and oxygen atoms in total. The van der Waals surface area contributed by atoms with Crippen molar-refractivity contribution in [2.24, 2.45) is 0 Å². The lowest BCUT2D eigenvalue weighted by atomic mass is 10.2. The van der Waals surface area contributed by atoms with Gasteiger partial charge in [0.05, 0.1) is 24.8 Å². The molecule has 0 fully saturated rings. The molecule has 88 valence electrons. The number of alkyl halides is 2. The molecule has 7 heteroatoms. The zero-order chi connectivity index (χ0) is 12.3. The van der Waals surface area contributed by atoms with E-state index in [0.29, 0.717) is 0 Å². The minimum atomic E-state index is -2.96. The van der Waals surface area contributed by atoms with Crippen LogP contribution in [0.1, 0.15) is 17.7 Å². The summed E-state index contributed by atoms with van der Waals surface area (Å²) in [6.07, 6.45) is -3.24. The number of carbonyl (C=O) groups is 1. The Morgan fingerprint density at radius 3 is 2.75 bits per heavy atom. The van der Waals surface area contributed by atoms with Crippen LogP contribution in [-0.2, 0) is 16.0 Å². The Bertz CT molecular complexity index is 412. The minimum absolute atomic E-state index is 0.0235. The summed E-state index contributed by atoms with van der Waals surface area (Å²) in [5.74, 6) is -1.75. The Balaban J connectivity index is 3.09. The zero-order valence-corrected chi connectivity index (χ0v) is 9.72. The summed E-state index contributed by atoms with van der Waals surface area (Å²) >= 11 is 2.71. The van der Waals surface area contributed by atoms with Crippen LogP contribution in [0.2, 0.25) is 0 Å². The minimum Gasteiger partial charge on any atom is -0.469 e. The van der Waals surface area contributed by atoms with Gasteiger partial charge in [0.15, 0.2) is 5.82 Å². The molecule has 16 heavy (non-hydrogen) atoms. The van der Waals surface area contributed by atoms with Crippen LogP contribution in [0.25, 0.3) is 0 Å². The summed E-state index contributed by atoms with van der Waals surface area (Å²) in [5.41, 5.74) is -0.767. The fourth-order valence-corrected chi connectivity index (χ4v) is 1.50. The number of esters is 1. The lowest BCUT2D eigenvalue weighted by Crippen LogP contribution is -2.08. The monoisotopic (exact) mass is 297 g/mol. The van der Waals surface area contributed by atoms with Crippen molar-refractivity contribution < 1.29 is 22.7 Å². The number of hydrogen-bond donors (Lipinski definition) is 0. The Morgan fingerprint density at radius 2 is 2.25 bits per heavy atom. The van der Waals surface area contributed by atoms with Crippen LogP contribution in [0.5, 0.6) is 0 Å². The highest BCUT2D eigenvalue weighted by Crippen LogP contribution is 2.26. The molecule has 0 aliphatic carbocycles. The average molecular weight is 298 g/mol. The number of hydrogen-bond acceptors (Lipinski definition) is 3. The van der Waals surface area contributed by atoms with E-state index in [0.717, 1.165) is 13.2 Å². The van der Waals surface area contributed by atoms with Gasteiger partial charge in [-0.25, -0.2) is 18.2 Å². The van der Waals surface area contributed by atoms with Crippen molar-refractivity contribution in [2.45, 2.75) is 12.8 Å². The highest BCUT2D eigenvalue weighted by molar-refractivity contribution is 9.10. The third kappa shape index (κ3) is 2.94. The quantitative estimate of drug-likeness (QED) is 0.636. The highest BCUT2D eigenvalue weighted by Gasteiger charge is 2.19. The maximum absolute atomic E-state index is 13.1. The summed E-state index contributed by atoms with van der Waals surface area (Å²) in [6.45, 7) is 0. The molecule has 1 aromatic heterocycles. The van der Waals surface area contributed by atoms with Crippen LogP contribution in [0.15, 0.2) is 10.7 Å². The topological polar surface area (TPSA) is 39.2 Å². The Kier molecular flexibility index (Phi) is 4.28. The number of pyridine rings is 1. The van der Waals surface area contributed by atoms with Crippen molar-refractivity contribution in [3.05, 3.63) is 27.7 Å². The second-order valence-corrected chi connectivity index (χ2v) is 3.61. The van der Waals surface area contributed by atoms with Crippen molar-refractivity contribution in [1.82, 2.24) is 4.98 Å². The van der Waals surface area contributed by atoms with Gasteiger partial charge in [-0.05, 0) is 22.0 Å². The van der Waals surface area contributed by atoms with E-state index in [9.17, 15) is 18.0 Å². The summed E-state index contributed by atoms with van der Waals surface area (Å²) in [6, 6.07) is 0.849. The summed E-state index contributed by atoms with van der Waals surface area (Å²) < 4.78 is 42.0. The molecule has 0 bridgehead atoms. The van der Waals surface area contributed by atoms with Gasteiger partial charge >= 0.3 is 5.97 Å². The van der Waals surface area contributed by atoms with Crippen molar-refractivity contribution in [1.29, 1.82) is 0 Å². The maximum Gasteiger partial charge on any atom is 0.311 e. The van der Waals surface area contributed by atoms with Crippen molar-refractivity contribution >= 4 is 21.9 Å². The molecular formula is C9H7BrF3NO2. The SMILES string of the molecule is COC(=O)Cc1cc(C(F)F)c(F)c(Br)n1. The number of nitrogens with zero attached hydrogens (tertiary/aromatic N) is 1. The smallest absolute Gasteiger partial charge is 0.311 e. The molecular weight excluding hydrogens is 291 g/mol. The van der Waals surface area contributed by atoms with Gasteiger partial charge in [-0.1, -0.05) is 0 Å². The van der Waals surface area contributed by atoms with Gasteiger partial charge in [-0.15, -0.1) is 0 Å². The molecule has 0 unspecified atom stereocenters. The summed E-state index contributed by atoms with van der Waals surface area (Å²) in [7, 11) is 1.16. The number of halogens is 4. The van der Waals surface area contributed by atoms with Crippen LogP contribution in [0.3, 0.4) is 0 Å². The molecule has 1 rings (SSSR count). The number of methoxy groups -OCH3 is 1. The van der Waals surface area contributed by atoms with Gasteiger partial charge in [0.25, 0.3) is 6.43 Å². The van der Waals surface area contributed by atoms with Gasteiger partial charge in [0.1, 0.15) is 4.60 Å². The molecule has 0 N–H and O–H groups in total. The number of aromatic nitrogens is 1. The van der Waals surface area contributed by atoms with Gasteiger partial charge in [0.2, 0.25) is 0 Å². The molecule has 0 aliphatic rings. The number of ether oxygens (including phenoxy) is 1. The second-order valence-electron chi connectivity index (χ2n) is 2.86. The lowest BCUT2D eigenvalue weighted by Gasteiger charge is -2.06. The predicted octanol–water partition coefficient (Wildman–Crippen LogP) is 2.64. The molecule has 0 saturated carbocycles. The third-order valence-corrected chi connectivity index (χ3v) is 2.31. The average Bonchev–Trinajstić information content (AvgIpc) is 2.22. The van der Waals surface area contributed by atoms with E-state index >= 15 is 0 Å². The van der Waals surface area contributed by atoms with E-state index in [1.54, 1.807) is 0 Å². The van der Waals surface area contributed by atoms with E-state index in [2.05, 4.69) is 25.7 Å². The van der Waals surface area contributed by atoms with Crippen molar-refractivity contribution in [2.75, 3.05) is 7.11 Å². The summed E-state index contributed by atoms with van der Waals surface area (Å²) in [4.78, 5) is 14.5. The first kappa shape index (κ1) is 13.0. The van der Waals surface area contributed by atoms with Crippen LogP contribution in [-0.4, -0.2) is 18.1 Å². The normalized spacial score (nSPS) is 10.6. The van der Waals surface area contributed by atoms with E-state index in [1.807, 2.05) is 0 Å². The molecule has 0 atom stereocenters. The van der Waals surface area contributed by atoms with Crippen LogP contribution in [0.4, 0.5) is 13.2 Å². The van der Waals surface area contributed by atoms with Crippen LogP contribution >= 0.6 is 15.9 Å². The lowest BCUT2D eigenvalue weighted by molar-refractivity contribution is -0.139. The van der Waals surface area contributed by atoms with E-state index in [1.165, 1.54) is 0 Å². The van der Waals surface area contributed by atoms with Gasteiger partial charge in [-0.3, -0.25) is 4.79 Å². The Labute approximate surface area is 97.8 Å². The Hall–Kier alpha value is -1.11. The van der Waals surface area contributed by atoms with Gasteiger partial charge < -0.3 is 4.74 Å². The standard InChI is InChI=1S/C9H7BrF3NO2/c1-16-6(15)3-4-2-5(9(12)13)7(11)8(10)14-4/h2,9H,3H2,1H3. The van der Waals surface area contributed by atoms with Crippen LogP contribution in [0, 0.1) is 5.82 Å². The summed E-state index contributed by atoms with van der Waals surface area (Å²) in [5, 5.41) is 0. The molecule has 1 aromatic rings. The first-order valence-corrected chi connectivity index (χ1v) is 4.94. The molecule has 1 heterocycles. The first-order valence-electron chi connectivity index (χ1n) is 4.15. The number of carbonyl (C=O) groups excluding carboxylic acids is 1.